The van der Waals surface area contributed by atoms with Gasteiger partial charge in [-0.15, -0.1) is 11.3 Å². The molecule has 1 heterocycles. The Morgan fingerprint density at radius 1 is 1.21 bits per heavy atom. The Morgan fingerprint density at radius 3 is 2.76 bits per heavy atom. The number of hydrazine groups is 1. The number of nitrogens with zero attached hydrogens (tertiary/aromatic N) is 1. The number of carbonyl (C=O) groups is 2. The number of ether oxygens (including phenoxy) is 2. The van der Waals surface area contributed by atoms with Crippen molar-refractivity contribution in [3.8, 4) is 17.6 Å². The van der Waals surface area contributed by atoms with Gasteiger partial charge < -0.3 is 14.6 Å². The van der Waals surface area contributed by atoms with Crippen LogP contribution in [0.4, 0.5) is 4.39 Å². The number of thiophene rings is 1. The zero-order valence-electron chi connectivity index (χ0n) is 17.8. The highest BCUT2D eigenvalue weighted by molar-refractivity contribution is 7.19. The van der Waals surface area contributed by atoms with Crippen molar-refractivity contribution >= 4 is 33.1 Å². The van der Waals surface area contributed by atoms with Crippen molar-refractivity contribution in [2.24, 2.45) is 0 Å². The normalized spacial score (nSPS) is 10.6. The van der Waals surface area contributed by atoms with E-state index < -0.39 is 11.7 Å². The topological polar surface area (TPSA) is 121 Å². The molecular formula is C23H22FN3O5S. The van der Waals surface area contributed by atoms with Crippen molar-refractivity contribution < 1.29 is 28.6 Å². The first-order valence-electron chi connectivity index (χ1n) is 10.0. The SMILES string of the molecule is COc1ccc(C(=O)CCC(=O)NNCc2c(C#N)sc3c(F)cccc23)cc1OCCO. The Morgan fingerprint density at radius 2 is 2.03 bits per heavy atom. The quantitative estimate of drug-likeness (QED) is 0.290. The van der Waals surface area contributed by atoms with Gasteiger partial charge in [-0.3, -0.25) is 15.0 Å². The third-order valence-corrected chi connectivity index (χ3v) is 5.94. The monoisotopic (exact) mass is 471 g/mol. The van der Waals surface area contributed by atoms with Crippen LogP contribution in [0.2, 0.25) is 0 Å². The van der Waals surface area contributed by atoms with Gasteiger partial charge in [-0.2, -0.15) is 5.26 Å². The second-order valence-corrected chi connectivity index (χ2v) is 7.92. The number of ketones is 1. The number of halogens is 1. The largest absolute Gasteiger partial charge is 0.493 e. The number of aliphatic hydroxyl groups excluding tert-OH is 1. The molecule has 0 aliphatic carbocycles. The number of hydrogen-bond acceptors (Lipinski definition) is 8. The van der Waals surface area contributed by atoms with Gasteiger partial charge in [0, 0.05) is 35.9 Å². The lowest BCUT2D eigenvalue weighted by molar-refractivity contribution is -0.122. The molecule has 10 heteroatoms. The number of aliphatic hydroxyl groups is 1. The second kappa shape index (κ2) is 11.4. The third kappa shape index (κ3) is 5.84. The molecule has 0 saturated heterocycles. The maximum atomic E-state index is 14.0. The lowest BCUT2D eigenvalue weighted by Crippen LogP contribution is -2.37. The van der Waals surface area contributed by atoms with E-state index in [4.69, 9.17) is 14.6 Å². The van der Waals surface area contributed by atoms with Gasteiger partial charge in [0.05, 0.1) is 18.4 Å². The molecule has 2 aromatic carbocycles. The number of amides is 1. The van der Waals surface area contributed by atoms with Crippen LogP contribution in [0.15, 0.2) is 36.4 Å². The van der Waals surface area contributed by atoms with E-state index in [1.807, 2.05) is 0 Å². The van der Waals surface area contributed by atoms with Gasteiger partial charge in [0.15, 0.2) is 17.3 Å². The molecule has 3 N–H and O–H groups in total. The summed E-state index contributed by atoms with van der Waals surface area (Å²) in [5, 5.41) is 18.9. The van der Waals surface area contributed by atoms with E-state index in [1.54, 1.807) is 24.3 Å². The number of hydrogen-bond donors (Lipinski definition) is 3. The summed E-state index contributed by atoms with van der Waals surface area (Å²) in [6, 6.07) is 11.4. The fourth-order valence-electron chi connectivity index (χ4n) is 3.19. The van der Waals surface area contributed by atoms with Crippen LogP contribution in [-0.4, -0.2) is 37.1 Å². The summed E-state index contributed by atoms with van der Waals surface area (Å²) in [5.74, 6) is -0.299. The van der Waals surface area contributed by atoms with Gasteiger partial charge in [0.1, 0.15) is 23.4 Å². The third-order valence-electron chi connectivity index (χ3n) is 4.78. The summed E-state index contributed by atoms with van der Waals surface area (Å²) >= 11 is 1.06. The van der Waals surface area contributed by atoms with E-state index in [0.29, 0.717) is 37.6 Å². The van der Waals surface area contributed by atoms with Crippen LogP contribution < -0.4 is 20.3 Å². The van der Waals surface area contributed by atoms with Crippen LogP contribution in [0.25, 0.3) is 10.1 Å². The highest BCUT2D eigenvalue weighted by Gasteiger charge is 2.16. The number of fused-ring (bicyclic) bond motifs is 1. The van der Waals surface area contributed by atoms with Gasteiger partial charge in [0.2, 0.25) is 5.91 Å². The zero-order valence-corrected chi connectivity index (χ0v) is 18.6. The number of Topliss-reactive ketones (excluding diaryl/α,β-unsaturated/α-hetero) is 1. The van der Waals surface area contributed by atoms with E-state index >= 15 is 0 Å². The molecule has 0 aliphatic rings. The summed E-state index contributed by atoms with van der Waals surface area (Å²) in [4.78, 5) is 25.0. The first-order valence-corrected chi connectivity index (χ1v) is 10.9. The average molecular weight is 472 g/mol. The molecular weight excluding hydrogens is 449 g/mol. The first-order chi connectivity index (χ1) is 16.0. The van der Waals surface area contributed by atoms with Crippen molar-refractivity contribution in [2.75, 3.05) is 20.3 Å². The summed E-state index contributed by atoms with van der Waals surface area (Å²) in [6.45, 7) is 0.0121. The number of nitrogens with one attached hydrogen (secondary N) is 2. The zero-order chi connectivity index (χ0) is 23.8. The summed E-state index contributed by atoms with van der Waals surface area (Å²) in [6.07, 6.45) is -0.0931. The first kappa shape index (κ1) is 24.1. The van der Waals surface area contributed by atoms with E-state index in [2.05, 4.69) is 16.9 Å². The molecule has 0 unspecified atom stereocenters. The molecule has 0 atom stereocenters. The Kier molecular flexibility index (Phi) is 8.32. The van der Waals surface area contributed by atoms with Crippen LogP contribution in [0.5, 0.6) is 11.5 Å². The number of benzene rings is 2. The lowest BCUT2D eigenvalue weighted by Gasteiger charge is -2.11. The fourth-order valence-corrected chi connectivity index (χ4v) is 4.21. The minimum Gasteiger partial charge on any atom is -0.493 e. The Balaban J connectivity index is 1.54. The number of methoxy groups -OCH3 is 1. The Labute approximate surface area is 193 Å². The molecule has 8 nitrogen and oxygen atoms in total. The molecule has 0 radical (unpaired) electrons. The Hall–Kier alpha value is -3.52. The van der Waals surface area contributed by atoms with Gasteiger partial charge >= 0.3 is 0 Å². The predicted molar refractivity (Wildman–Crippen MR) is 121 cm³/mol. The van der Waals surface area contributed by atoms with E-state index in [1.165, 1.54) is 19.2 Å². The van der Waals surface area contributed by atoms with Gasteiger partial charge in [0.25, 0.3) is 0 Å². The Bertz CT molecular complexity index is 1200. The number of carbonyl (C=O) groups excluding carboxylic acids is 2. The van der Waals surface area contributed by atoms with E-state index in [-0.39, 0.29) is 38.4 Å². The lowest BCUT2D eigenvalue weighted by atomic mass is 10.1. The highest BCUT2D eigenvalue weighted by Crippen LogP contribution is 2.32. The van der Waals surface area contributed by atoms with Crippen LogP contribution in [-0.2, 0) is 11.3 Å². The van der Waals surface area contributed by atoms with Crippen molar-refractivity contribution in [3.63, 3.8) is 0 Å². The van der Waals surface area contributed by atoms with Gasteiger partial charge in [-0.1, -0.05) is 12.1 Å². The van der Waals surface area contributed by atoms with E-state index in [0.717, 1.165) is 11.3 Å². The van der Waals surface area contributed by atoms with Crippen molar-refractivity contribution in [1.29, 1.82) is 5.26 Å². The smallest absolute Gasteiger partial charge is 0.234 e. The molecule has 172 valence electrons. The number of rotatable bonds is 11. The van der Waals surface area contributed by atoms with Crippen LogP contribution in [0, 0.1) is 17.1 Å². The second-order valence-electron chi connectivity index (χ2n) is 6.90. The average Bonchev–Trinajstić information content (AvgIpc) is 3.20. The maximum Gasteiger partial charge on any atom is 0.234 e. The van der Waals surface area contributed by atoms with Crippen molar-refractivity contribution in [2.45, 2.75) is 19.4 Å². The minimum atomic E-state index is -0.405. The van der Waals surface area contributed by atoms with Crippen molar-refractivity contribution in [3.05, 3.63) is 58.2 Å². The molecule has 3 rings (SSSR count). The van der Waals surface area contributed by atoms with Crippen molar-refractivity contribution in [1.82, 2.24) is 10.9 Å². The van der Waals surface area contributed by atoms with Crippen LogP contribution in [0.1, 0.15) is 33.6 Å². The molecule has 33 heavy (non-hydrogen) atoms. The molecule has 1 amide bonds. The molecule has 0 bridgehead atoms. The minimum absolute atomic E-state index is 0.0324. The van der Waals surface area contributed by atoms with E-state index in [9.17, 15) is 19.2 Å². The fraction of sp³-hybridized carbons (Fsp3) is 0.261. The molecule has 0 aliphatic heterocycles. The van der Waals surface area contributed by atoms with Crippen LogP contribution >= 0.6 is 11.3 Å². The summed E-state index contributed by atoms with van der Waals surface area (Å²) < 4.78 is 24.9. The molecule has 0 saturated carbocycles. The maximum absolute atomic E-state index is 14.0. The predicted octanol–water partition coefficient (Wildman–Crippen LogP) is 3.08. The summed E-state index contributed by atoms with van der Waals surface area (Å²) in [7, 11) is 1.47. The van der Waals surface area contributed by atoms with Gasteiger partial charge in [-0.05, 0) is 24.3 Å². The molecule has 0 spiro atoms. The standard InChI is InChI=1S/C23H22FN3O5S/c1-31-19-7-5-14(11-20(19)32-10-9-28)18(29)6-8-22(30)27-26-13-16-15-3-2-4-17(24)23(15)33-21(16)12-25/h2-5,7,11,26,28H,6,8-10,13H2,1H3,(H,27,30). The molecule has 1 aromatic heterocycles. The van der Waals surface area contributed by atoms with Gasteiger partial charge in [-0.25, -0.2) is 9.82 Å². The molecule has 0 fully saturated rings. The van der Waals surface area contributed by atoms with Crippen LogP contribution in [0.3, 0.4) is 0 Å². The summed E-state index contributed by atoms with van der Waals surface area (Å²) in [5.41, 5.74) is 6.21. The highest BCUT2D eigenvalue weighted by atomic mass is 32.1. The number of nitriles is 1. The molecule has 3 aromatic rings.